The molecule has 1 nitrogen and oxygen atoms in total. The largest absolute Gasteiger partial charge is 0.385 e. The Hall–Kier alpha value is -0.820. The molecule has 0 aliphatic heterocycles. The smallest absolute Gasteiger partial charge is 0.0899 e. The summed E-state index contributed by atoms with van der Waals surface area (Å²) >= 11 is 0. The third kappa shape index (κ3) is 1.57. The average molecular weight is 190 g/mol. The summed E-state index contributed by atoms with van der Waals surface area (Å²) in [5.74, 6) is 0. The lowest BCUT2D eigenvalue weighted by Gasteiger charge is -2.38. The van der Waals surface area contributed by atoms with Crippen molar-refractivity contribution in [3.63, 3.8) is 0 Å². The van der Waals surface area contributed by atoms with Crippen LogP contribution in [0.3, 0.4) is 0 Å². The predicted molar refractivity (Wildman–Crippen MR) is 58.2 cm³/mol. The zero-order chi connectivity index (χ0) is 10.0. The SMILES string of the molecule is CCCc1ccccc1C1(O)CCC1. The Kier molecular flexibility index (Phi) is 2.60. The van der Waals surface area contributed by atoms with Crippen LogP contribution in [0.1, 0.15) is 43.7 Å². The van der Waals surface area contributed by atoms with Crippen LogP contribution >= 0.6 is 0 Å². The van der Waals surface area contributed by atoms with E-state index in [4.69, 9.17) is 0 Å². The summed E-state index contributed by atoms with van der Waals surface area (Å²) in [7, 11) is 0. The van der Waals surface area contributed by atoms with Crippen LogP contribution in [0.4, 0.5) is 0 Å². The van der Waals surface area contributed by atoms with E-state index < -0.39 is 5.60 Å². The molecule has 0 bridgehead atoms. The standard InChI is InChI=1S/C13H18O/c1-2-6-11-7-3-4-8-12(11)13(14)9-5-10-13/h3-4,7-8,14H,2,5-6,9-10H2,1H3. The first-order valence-electron chi connectivity index (χ1n) is 5.57. The molecule has 1 aliphatic carbocycles. The summed E-state index contributed by atoms with van der Waals surface area (Å²) in [5.41, 5.74) is 2.01. The van der Waals surface area contributed by atoms with E-state index in [2.05, 4.69) is 25.1 Å². The molecule has 0 spiro atoms. The maximum Gasteiger partial charge on any atom is 0.0899 e. The second-order valence-corrected chi connectivity index (χ2v) is 4.29. The third-order valence-corrected chi connectivity index (χ3v) is 3.22. The Morgan fingerprint density at radius 1 is 1.29 bits per heavy atom. The van der Waals surface area contributed by atoms with Gasteiger partial charge in [-0.15, -0.1) is 0 Å². The molecular formula is C13H18O. The lowest BCUT2D eigenvalue weighted by atomic mass is 9.73. The fourth-order valence-electron chi connectivity index (χ4n) is 2.24. The number of aryl methyl sites for hydroxylation is 1. The molecular weight excluding hydrogens is 172 g/mol. The van der Waals surface area contributed by atoms with Gasteiger partial charge in [0.1, 0.15) is 0 Å². The third-order valence-electron chi connectivity index (χ3n) is 3.22. The molecule has 0 unspecified atom stereocenters. The van der Waals surface area contributed by atoms with E-state index >= 15 is 0 Å². The fourth-order valence-corrected chi connectivity index (χ4v) is 2.24. The van der Waals surface area contributed by atoms with Crippen LogP contribution in [0.5, 0.6) is 0 Å². The molecule has 1 saturated carbocycles. The number of aliphatic hydroxyl groups is 1. The molecule has 1 N–H and O–H groups in total. The lowest BCUT2D eigenvalue weighted by molar-refractivity contribution is -0.0395. The Morgan fingerprint density at radius 3 is 2.57 bits per heavy atom. The van der Waals surface area contributed by atoms with Crippen LogP contribution in [0.15, 0.2) is 24.3 Å². The van der Waals surface area contributed by atoms with Gasteiger partial charge in [-0.1, -0.05) is 37.6 Å². The van der Waals surface area contributed by atoms with E-state index in [1.165, 1.54) is 11.1 Å². The van der Waals surface area contributed by atoms with Crippen molar-refractivity contribution < 1.29 is 5.11 Å². The number of hydrogen-bond acceptors (Lipinski definition) is 1. The van der Waals surface area contributed by atoms with Crippen molar-refractivity contribution >= 4 is 0 Å². The Balaban J connectivity index is 2.31. The highest BCUT2D eigenvalue weighted by Gasteiger charge is 2.37. The first-order valence-corrected chi connectivity index (χ1v) is 5.57. The van der Waals surface area contributed by atoms with Gasteiger partial charge in [0.15, 0.2) is 0 Å². The molecule has 0 amide bonds. The fraction of sp³-hybridized carbons (Fsp3) is 0.538. The number of benzene rings is 1. The van der Waals surface area contributed by atoms with Crippen molar-refractivity contribution in [1.29, 1.82) is 0 Å². The minimum absolute atomic E-state index is 0.494. The van der Waals surface area contributed by atoms with Crippen molar-refractivity contribution in [3.8, 4) is 0 Å². The number of hydrogen-bond donors (Lipinski definition) is 1. The lowest BCUT2D eigenvalue weighted by Crippen LogP contribution is -2.34. The predicted octanol–water partition coefficient (Wildman–Crippen LogP) is 3.01. The number of rotatable bonds is 3. The van der Waals surface area contributed by atoms with E-state index in [-0.39, 0.29) is 0 Å². The van der Waals surface area contributed by atoms with E-state index in [0.29, 0.717) is 0 Å². The van der Waals surface area contributed by atoms with Gasteiger partial charge in [-0.2, -0.15) is 0 Å². The van der Waals surface area contributed by atoms with E-state index in [1.54, 1.807) is 0 Å². The topological polar surface area (TPSA) is 20.2 Å². The second-order valence-electron chi connectivity index (χ2n) is 4.29. The van der Waals surface area contributed by atoms with Crippen molar-refractivity contribution in [3.05, 3.63) is 35.4 Å². The molecule has 0 saturated heterocycles. The van der Waals surface area contributed by atoms with Gasteiger partial charge in [0, 0.05) is 0 Å². The van der Waals surface area contributed by atoms with Crippen molar-refractivity contribution in [2.75, 3.05) is 0 Å². The van der Waals surface area contributed by atoms with Crippen molar-refractivity contribution in [1.82, 2.24) is 0 Å². The molecule has 2 rings (SSSR count). The van der Waals surface area contributed by atoms with Gasteiger partial charge < -0.3 is 5.11 Å². The molecule has 76 valence electrons. The van der Waals surface area contributed by atoms with E-state index in [9.17, 15) is 5.11 Å². The summed E-state index contributed by atoms with van der Waals surface area (Å²) in [5, 5.41) is 10.3. The van der Waals surface area contributed by atoms with Crippen LogP contribution in [0, 0.1) is 0 Å². The summed E-state index contributed by atoms with van der Waals surface area (Å²) in [4.78, 5) is 0. The molecule has 1 aromatic carbocycles. The molecule has 0 aromatic heterocycles. The zero-order valence-electron chi connectivity index (χ0n) is 8.79. The van der Waals surface area contributed by atoms with E-state index in [1.807, 2.05) is 6.07 Å². The van der Waals surface area contributed by atoms with E-state index in [0.717, 1.165) is 32.1 Å². The van der Waals surface area contributed by atoms with Crippen LogP contribution in [-0.2, 0) is 12.0 Å². The molecule has 1 heteroatoms. The average Bonchev–Trinajstić information content (AvgIpc) is 2.16. The van der Waals surface area contributed by atoms with Crippen LogP contribution < -0.4 is 0 Å². The monoisotopic (exact) mass is 190 g/mol. The van der Waals surface area contributed by atoms with Crippen LogP contribution in [-0.4, -0.2) is 5.11 Å². The van der Waals surface area contributed by atoms with Gasteiger partial charge in [0.05, 0.1) is 5.60 Å². The highest BCUT2D eigenvalue weighted by Crippen LogP contribution is 2.42. The van der Waals surface area contributed by atoms with Crippen molar-refractivity contribution in [2.24, 2.45) is 0 Å². The summed E-state index contributed by atoms with van der Waals surface area (Å²) in [6.45, 7) is 2.18. The normalized spacial score (nSPS) is 19.0. The van der Waals surface area contributed by atoms with Gasteiger partial charge >= 0.3 is 0 Å². The highest BCUT2D eigenvalue weighted by molar-refractivity contribution is 5.33. The minimum Gasteiger partial charge on any atom is -0.385 e. The molecule has 0 heterocycles. The molecule has 14 heavy (non-hydrogen) atoms. The second kappa shape index (κ2) is 3.74. The summed E-state index contributed by atoms with van der Waals surface area (Å²) in [6, 6.07) is 8.33. The van der Waals surface area contributed by atoms with Gasteiger partial charge in [-0.3, -0.25) is 0 Å². The minimum atomic E-state index is -0.494. The van der Waals surface area contributed by atoms with Gasteiger partial charge in [-0.25, -0.2) is 0 Å². The van der Waals surface area contributed by atoms with Crippen molar-refractivity contribution in [2.45, 2.75) is 44.6 Å². The Morgan fingerprint density at radius 2 is 2.00 bits per heavy atom. The maximum absolute atomic E-state index is 10.3. The molecule has 1 fully saturated rings. The maximum atomic E-state index is 10.3. The quantitative estimate of drug-likeness (QED) is 0.776. The highest BCUT2D eigenvalue weighted by atomic mass is 16.3. The molecule has 0 atom stereocenters. The van der Waals surface area contributed by atoms with Gasteiger partial charge in [-0.05, 0) is 36.8 Å². The van der Waals surface area contributed by atoms with Crippen LogP contribution in [0.25, 0.3) is 0 Å². The summed E-state index contributed by atoms with van der Waals surface area (Å²) < 4.78 is 0. The first kappa shape index (κ1) is 9.72. The summed E-state index contributed by atoms with van der Waals surface area (Å²) in [6.07, 6.45) is 5.27. The Bertz CT molecular complexity index is 313. The van der Waals surface area contributed by atoms with Crippen LogP contribution in [0.2, 0.25) is 0 Å². The molecule has 1 aliphatic rings. The Labute approximate surface area is 85.8 Å². The van der Waals surface area contributed by atoms with Gasteiger partial charge in [0.25, 0.3) is 0 Å². The molecule has 0 radical (unpaired) electrons. The molecule has 1 aromatic rings. The van der Waals surface area contributed by atoms with Gasteiger partial charge in [0.2, 0.25) is 0 Å². The first-order chi connectivity index (χ1) is 6.76. The zero-order valence-corrected chi connectivity index (χ0v) is 8.79.